The van der Waals surface area contributed by atoms with Crippen molar-refractivity contribution in [2.45, 2.75) is 26.1 Å². The predicted octanol–water partition coefficient (Wildman–Crippen LogP) is 3.58. The number of rotatable bonds is 2. The minimum absolute atomic E-state index is 0.406. The van der Waals surface area contributed by atoms with E-state index in [1.54, 1.807) is 0 Å². The van der Waals surface area contributed by atoms with Crippen LogP contribution in [0.1, 0.15) is 37.2 Å². The summed E-state index contributed by atoms with van der Waals surface area (Å²) in [4.78, 5) is 23.0. The normalized spacial score (nSPS) is 18.8. The average Bonchev–Trinajstić information content (AvgIpc) is 2.50. The molecule has 0 heterocycles. The fourth-order valence-electron chi connectivity index (χ4n) is 2.92. The summed E-state index contributed by atoms with van der Waals surface area (Å²) in [6, 6.07) is 15.4. The highest BCUT2D eigenvalue weighted by atomic mass is 16.6. The van der Waals surface area contributed by atoms with E-state index in [1.807, 2.05) is 48.5 Å². The molecule has 4 nitrogen and oxygen atoms in total. The van der Waals surface area contributed by atoms with Crippen LogP contribution in [0.5, 0.6) is 0 Å². The van der Waals surface area contributed by atoms with E-state index in [1.165, 1.54) is 13.8 Å². The fourth-order valence-corrected chi connectivity index (χ4v) is 2.92. The lowest BCUT2D eigenvalue weighted by atomic mass is 9.82. The number of esters is 2. The van der Waals surface area contributed by atoms with Gasteiger partial charge in [-0.3, -0.25) is 9.59 Å². The summed E-state index contributed by atoms with van der Waals surface area (Å²) in [7, 11) is 0. The zero-order valence-electron chi connectivity index (χ0n) is 12.4. The number of benzene rings is 2. The molecule has 2 aromatic carbocycles. The molecule has 4 heteroatoms. The SMILES string of the molecule is CC(=O)O[C@H]1c2ccccc2-c2ccccc2[C@@H]1OC(C)=O. The number of carbonyl (C=O) groups excluding carboxylic acids is 2. The van der Waals surface area contributed by atoms with E-state index in [-0.39, 0.29) is 0 Å². The highest BCUT2D eigenvalue weighted by molar-refractivity contribution is 5.77. The highest BCUT2D eigenvalue weighted by Gasteiger charge is 2.37. The Balaban J connectivity index is 2.19. The van der Waals surface area contributed by atoms with Crippen LogP contribution in [-0.4, -0.2) is 11.9 Å². The van der Waals surface area contributed by atoms with Crippen LogP contribution in [0.4, 0.5) is 0 Å². The van der Waals surface area contributed by atoms with Gasteiger partial charge in [-0.05, 0) is 11.1 Å². The first-order valence-corrected chi connectivity index (χ1v) is 7.10. The number of carbonyl (C=O) groups is 2. The molecule has 0 unspecified atom stereocenters. The van der Waals surface area contributed by atoms with E-state index in [2.05, 4.69) is 0 Å². The number of fused-ring (bicyclic) bond motifs is 3. The molecule has 0 aliphatic heterocycles. The predicted molar refractivity (Wildman–Crippen MR) is 80.9 cm³/mol. The maximum Gasteiger partial charge on any atom is 0.303 e. The van der Waals surface area contributed by atoms with Crippen molar-refractivity contribution in [1.82, 2.24) is 0 Å². The Bertz CT molecular complexity index is 672. The second kappa shape index (κ2) is 5.64. The molecule has 0 saturated carbocycles. The third kappa shape index (κ3) is 2.48. The lowest BCUT2D eigenvalue weighted by Crippen LogP contribution is -2.25. The van der Waals surface area contributed by atoms with Gasteiger partial charge in [0.25, 0.3) is 0 Å². The maximum absolute atomic E-state index is 11.5. The number of ether oxygens (including phenoxy) is 2. The summed E-state index contributed by atoms with van der Waals surface area (Å²) >= 11 is 0. The van der Waals surface area contributed by atoms with Crippen molar-refractivity contribution >= 4 is 11.9 Å². The van der Waals surface area contributed by atoms with Crippen LogP contribution in [0.2, 0.25) is 0 Å². The second-order valence-corrected chi connectivity index (χ2v) is 5.23. The highest BCUT2D eigenvalue weighted by Crippen LogP contribution is 2.47. The van der Waals surface area contributed by atoms with Gasteiger partial charge in [-0.15, -0.1) is 0 Å². The average molecular weight is 296 g/mol. The summed E-state index contributed by atoms with van der Waals surface area (Å²) in [5.41, 5.74) is 3.69. The van der Waals surface area contributed by atoms with Crippen molar-refractivity contribution in [1.29, 1.82) is 0 Å². The van der Waals surface area contributed by atoms with Gasteiger partial charge in [-0.2, -0.15) is 0 Å². The molecule has 0 N–H and O–H groups in total. The molecule has 112 valence electrons. The topological polar surface area (TPSA) is 52.6 Å². The first-order chi connectivity index (χ1) is 10.6. The molecule has 0 amide bonds. The van der Waals surface area contributed by atoms with E-state index in [9.17, 15) is 9.59 Å². The molecule has 1 aliphatic carbocycles. The summed E-state index contributed by atoms with van der Waals surface area (Å²) in [5.74, 6) is -0.812. The molecule has 0 fully saturated rings. The Morgan fingerprint density at radius 3 is 1.45 bits per heavy atom. The van der Waals surface area contributed by atoms with Crippen LogP contribution < -0.4 is 0 Å². The maximum atomic E-state index is 11.5. The smallest absolute Gasteiger partial charge is 0.303 e. The van der Waals surface area contributed by atoms with Crippen LogP contribution in [0.15, 0.2) is 48.5 Å². The Morgan fingerprint density at radius 1 is 0.727 bits per heavy atom. The molecule has 0 radical (unpaired) electrons. The summed E-state index contributed by atoms with van der Waals surface area (Å²) < 4.78 is 10.9. The fraction of sp³-hybridized carbons (Fsp3) is 0.222. The van der Waals surface area contributed by atoms with Gasteiger partial charge < -0.3 is 9.47 Å². The van der Waals surface area contributed by atoms with Crippen molar-refractivity contribution < 1.29 is 19.1 Å². The molecular formula is C18H16O4. The van der Waals surface area contributed by atoms with Crippen molar-refractivity contribution in [3.63, 3.8) is 0 Å². The van der Waals surface area contributed by atoms with Crippen molar-refractivity contribution in [3.8, 4) is 11.1 Å². The second-order valence-electron chi connectivity index (χ2n) is 5.23. The lowest BCUT2D eigenvalue weighted by molar-refractivity contribution is -0.167. The van der Waals surface area contributed by atoms with Crippen LogP contribution in [0, 0.1) is 0 Å². The third-order valence-corrected chi connectivity index (χ3v) is 3.69. The van der Waals surface area contributed by atoms with E-state index in [4.69, 9.17) is 9.47 Å². The Kier molecular flexibility index (Phi) is 3.67. The van der Waals surface area contributed by atoms with Gasteiger partial charge in [0.15, 0.2) is 12.2 Å². The lowest BCUT2D eigenvalue weighted by Gasteiger charge is -2.34. The summed E-state index contributed by atoms with van der Waals surface area (Å²) in [6.07, 6.45) is -1.26. The molecule has 2 aromatic rings. The van der Waals surface area contributed by atoms with E-state index in [0.717, 1.165) is 22.3 Å². The molecule has 0 spiro atoms. The molecular weight excluding hydrogens is 280 g/mol. The van der Waals surface area contributed by atoms with Crippen molar-refractivity contribution in [2.24, 2.45) is 0 Å². The minimum Gasteiger partial charge on any atom is -0.453 e. The molecule has 0 aromatic heterocycles. The molecule has 1 aliphatic rings. The monoisotopic (exact) mass is 296 g/mol. The third-order valence-electron chi connectivity index (χ3n) is 3.69. The van der Waals surface area contributed by atoms with Gasteiger partial charge in [0, 0.05) is 25.0 Å². The summed E-state index contributed by atoms with van der Waals surface area (Å²) in [5, 5.41) is 0. The molecule has 0 bridgehead atoms. The first-order valence-electron chi connectivity index (χ1n) is 7.10. The largest absolute Gasteiger partial charge is 0.453 e. The van der Waals surface area contributed by atoms with Crippen molar-refractivity contribution in [2.75, 3.05) is 0 Å². The van der Waals surface area contributed by atoms with Crippen LogP contribution in [-0.2, 0) is 19.1 Å². The van der Waals surface area contributed by atoms with E-state index in [0.29, 0.717) is 0 Å². The zero-order chi connectivity index (χ0) is 15.7. The van der Waals surface area contributed by atoms with Gasteiger partial charge in [0.2, 0.25) is 0 Å². The standard InChI is InChI=1S/C18H16O4/c1-11(19)21-17-15-9-5-3-7-13(15)14-8-4-6-10-16(14)18(17)22-12(2)20/h3-10,17-18H,1-2H3/t17-,18-/m0/s1. The Labute approximate surface area is 128 Å². The van der Waals surface area contributed by atoms with Gasteiger partial charge in [-0.25, -0.2) is 0 Å². The molecule has 0 saturated heterocycles. The number of hydrogen-bond acceptors (Lipinski definition) is 4. The van der Waals surface area contributed by atoms with Gasteiger partial charge >= 0.3 is 11.9 Å². The molecule has 3 rings (SSSR count). The van der Waals surface area contributed by atoms with Gasteiger partial charge in [-0.1, -0.05) is 48.5 Å². The quantitative estimate of drug-likeness (QED) is 0.795. The van der Waals surface area contributed by atoms with E-state index < -0.39 is 24.1 Å². The Morgan fingerprint density at radius 2 is 1.09 bits per heavy atom. The van der Waals surface area contributed by atoms with Gasteiger partial charge in [0.1, 0.15) is 0 Å². The zero-order valence-corrected chi connectivity index (χ0v) is 12.4. The molecule has 22 heavy (non-hydrogen) atoms. The molecule has 2 atom stereocenters. The van der Waals surface area contributed by atoms with Gasteiger partial charge in [0.05, 0.1) is 0 Å². The minimum atomic E-state index is -0.632. The summed E-state index contributed by atoms with van der Waals surface area (Å²) in [6.45, 7) is 2.71. The van der Waals surface area contributed by atoms with Crippen LogP contribution in [0.25, 0.3) is 11.1 Å². The Hall–Kier alpha value is -2.62. The van der Waals surface area contributed by atoms with E-state index >= 15 is 0 Å². The van der Waals surface area contributed by atoms with Crippen molar-refractivity contribution in [3.05, 3.63) is 59.7 Å². The van der Waals surface area contributed by atoms with Crippen LogP contribution in [0.3, 0.4) is 0 Å². The number of hydrogen-bond donors (Lipinski definition) is 0. The van der Waals surface area contributed by atoms with Crippen LogP contribution >= 0.6 is 0 Å². The first kappa shape index (κ1) is 14.3.